The van der Waals surface area contributed by atoms with Gasteiger partial charge in [0, 0.05) is 24.6 Å². The molecule has 6 heteroatoms. The maximum atomic E-state index is 11.8. The largest absolute Gasteiger partial charge is 0.355 e. The summed E-state index contributed by atoms with van der Waals surface area (Å²) in [6, 6.07) is 7.99. The number of aromatic amines is 1. The van der Waals surface area contributed by atoms with Crippen molar-refractivity contribution >= 4 is 28.7 Å². The SMILES string of the molecule is O=C(NCCCc1nc2ccccc2[nH]1)C1CSCN1. The van der Waals surface area contributed by atoms with Crippen molar-refractivity contribution in [1.82, 2.24) is 20.6 Å². The van der Waals surface area contributed by atoms with Gasteiger partial charge in [-0.2, -0.15) is 0 Å². The van der Waals surface area contributed by atoms with Crippen molar-refractivity contribution in [3.05, 3.63) is 30.1 Å². The summed E-state index contributed by atoms with van der Waals surface area (Å²) in [6.45, 7) is 0.693. The molecule has 2 heterocycles. The summed E-state index contributed by atoms with van der Waals surface area (Å²) < 4.78 is 0. The standard InChI is InChI=1S/C14H18N4OS/c19-14(12-8-20-9-16-12)15-7-3-6-13-17-10-4-1-2-5-11(10)18-13/h1-2,4-5,12,16H,3,6-9H2,(H,15,19)(H,17,18). The van der Waals surface area contributed by atoms with Crippen LogP contribution in [-0.4, -0.2) is 40.1 Å². The molecular formula is C14H18N4OS. The Labute approximate surface area is 121 Å². The second-order valence-electron chi connectivity index (χ2n) is 4.87. The summed E-state index contributed by atoms with van der Waals surface area (Å²) in [5.74, 6) is 2.83. The third kappa shape index (κ3) is 3.13. The van der Waals surface area contributed by atoms with Crippen molar-refractivity contribution in [3.8, 4) is 0 Å². The number of benzene rings is 1. The molecule has 0 saturated carbocycles. The number of hydrogen-bond acceptors (Lipinski definition) is 4. The van der Waals surface area contributed by atoms with Gasteiger partial charge in [0.05, 0.1) is 17.1 Å². The monoisotopic (exact) mass is 290 g/mol. The fraction of sp³-hybridized carbons (Fsp3) is 0.429. The predicted octanol–water partition coefficient (Wildman–Crippen LogP) is 1.27. The van der Waals surface area contributed by atoms with Crippen LogP contribution < -0.4 is 10.6 Å². The summed E-state index contributed by atoms with van der Waals surface area (Å²) in [6.07, 6.45) is 1.74. The maximum absolute atomic E-state index is 11.8. The van der Waals surface area contributed by atoms with Crippen LogP contribution >= 0.6 is 11.8 Å². The second-order valence-corrected chi connectivity index (χ2v) is 5.90. The summed E-state index contributed by atoms with van der Waals surface area (Å²) in [5, 5.41) is 6.14. The molecule has 0 spiro atoms. The Balaban J connectivity index is 1.44. The van der Waals surface area contributed by atoms with Crippen LogP contribution in [0.4, 0.5) is 0 Å². The smallest absolute Gasteiger partial charge is 0.238 e. The van der Waals surface area contributed by atoms with E-state index in [-0.39, 0.29) is 11.9 Å². The van der Waals surface area contributed by atoms with E-state index < -0.39 is 0 Å². The molecule has 5 nitrogen and oxygen atoms in total. The number of nitrogens with zero attached hydrogens (tertiary/aromatic N) is 1. The lowest BCUT2D eigenvalue weighted by molar-refractivity contribution is -0.122. The number of H-pyrrole nitrogens is 1. The number of carbonyl (C=O) groups excluding carboxylic acids is 1. The van der Waals surface area contributed by atoms with E-state index in [0.29, 0.717) is 6.54 Å². The van der Waals surface area contributed by atoms with Crippen molar-refractivity contribution in [3.63, 3.8) is 0 Å². The molecule has 1 atom stereocenters. The van der Waals surface area contributed by atoms with Gasteiger partial charge in [-0.1, -0.05) is 12.1 Å². The third-order valence-corrected chi connectivity index (χ3v) is 4.30. The number of hydrogen-bond donors (Lipinski definition) is 3. The van der Waals surface area contributed by atoms with Gasteiger partial charge in [-0.05, 0) is 18.6 Å². The van der Waals surface area contributed by atoms with Crippen LogP contribution in [0.25, 0.3) is 11.0 Å². The van der Waals surface area contributed by atoms with Crippen molar-refractivity contribution in [1.29, 1.82) is 0 Å². The van der Waals surface area contributed by atoms with Crippen molar-refractivity contribution in [2.75, 3.05) is 18.2 Å². The maximum Gasteiger partial charge on any atom is 0.238 e. The lowest BCUT2D eigenvalue weighted by Gasteiger charge is -2.09. The highest BCUT2D eigenvalue weighted by atomic mass is 32.2. The second kappa shape index (κ2) is 6.28. The van der Waals surface area contributed by atoms with E-state index in [0.717, 1.165) is 41.3 Å². The number of rotatable bonds is 5. The topological polar surface area (TPSA) is 69.8 Å². The minimum absolute atomic E-state index is 0.0220. The number of thioether (sulfide) groups is 1. The van der Waals surface area contributed by atoms with Gasteiger partial charge in [0.2, 0.25) is 5.91 Å². The molecule has 2 aromatic rings. The number of aromatic nitrogens is 2. The highest BCUT2D eigenvalue weighted by Gasteiger charge is 2.21. The first kappa shape index (κ1) is 13.5. The zero-order chi connectivity index (χ0) is 13.8. The molecule has 3 N–H and O–H groups in total. The highest BCUT2D eigenvalue weighted by molar-refractivity contribution is 7.99. The highest BCUT2D eigenvalue weighted by Crippen LogP contribution is 2.11. The average molecular weight is 290 g/mol. The zero-order valence-electron chi connectivity index (χ0n) is 11.2. The van der Waals surface area contributed by atoms with E-state index in [1.54, 1.807) is 11.8 Å². The Morgan fingerprint density at radius 3 is 3.15 bits per heavy atom. The Bertz CT molecular complexity index is 559. The number of amides is 1. The van der Waals surface area contributed by atoms with E-state index in [9.17, 15) is 4.79 Å². The number of aryl methyl sites for hydroxylation is 1. The lowest BCUT2D eigenvalue weighted by atomic mass is 10.2. The molecule has 3 rings (SSSR count). The third-order valence-electron chi connectivity index (χ3n) is 3.36. The first-order chi connectivity index (χ1) is 9.83. The Kier molecular flexibility index (Phi) is 4.22. The Morgan fingerprint density at radius 1 is 1.45 bits per heavy atom. The summed E-state index contributed by atoms with van der Waals surface area (Å²) in [4.78, 5) is 19.6. The zero-order valence-corrected chi connectivity index (χ0v) is 12.0. The molecule has 1 aliphatic heterocycles. The molecule has 0 bridgehead atoms. The summed E-state index contributed by atoms with van der Waals surface area (Å²) in [7, 11) is 0. The molecule has 20 heavy (non-hydrogen) atoms. The Morgan fingerprint density at radius 2 is 2.35 bits per heavy atom. The summed E-state index contributed by atoms with van der Waals surface area (Å²) >= 11 is 1.76. The van der Waals surface area contributed by atoms with Crippen molar-refractivity contribution in [2.24, 2.45) is 0 Å². The molecule has 1 fully saturated rings. The number of para-hydroxylation sites is 2. The lowest BCUT2D eigenvalue weighted by Crippen LogP contribution is -2.42. The van der Waals surface area contributed by atoms with Gasteiger partial charge in [-0.15, -0.1) is 11.8 Å². The fourth-order valence-electron chi connectivity index (χ4n) is 2.28. The molecule has 1 aliphatic rings. The molecule has 0 radical (unpaired) electrons. The molecule has 1 aromatic carbocycles. The van der Waals surface area contributed by atoms with E-state index >= 15 is 0 Å². The minimum Gasteiger partial charge on any atom is -0.355 e. The average Bonchev–Trinajstić information content (AvgIpc) is 3.11. The van der Waals surface area contributed by atoms with Crippen LogP contribution in [-0.2, 0) is 11.2 Å². The van der Waals surface area contributed by atoms with Gasteiger partial charge in [0.25, 0.3) is 0 Å². The summed E-state index contributed by atoms with van der Waals surface area (Å²) in [5.41, 5.74) is 2.07. The van der Waals surface area contributed by atoms with Gasteiger partial charge in [-0.25, -0.2) is 4.98 Å². The Hall–Kier alpha value is -1.53. The van der Waals surface area contributed by atoms with Crippen LogP contribution in [0.15, 0.2) is 24.3 Å². The molecule has 106 valence electrons. The normalized spacial score (nSPS) is 18.5. The van der Waals surface area contributed by atoms with E-state index in [1.807, 2.05) is 24.3 Å². The van der Waals surface area contributed by atoms with Crippen molar-refractivity contribution in [2.45, 2.75) is 18.9 Å². The van der Waals surface area contributed by atoms with Crippen LogP contribution in [0.5, 0.6) is 0 Å². The van der Waals surface area contributed by atoms with E-state index in [2.05, 4.69) is 20.6 Å². The molecule has 1 saturated heterocycles. The fourth-order valence-corrected chi connectivity index (χ4v) is 3.22. The minimum atomic E-state index is -0.0220. The van der Waals surface area contributed by atoms with Gasteiger partial charge in [0.1, 0.15) is 5.82 Å². The molecule has 1 unspecified atom stereocenters. The molecule has 1 amide bonds. The molecule has 1 aromatic heterocycles. The van der Waals surface area contributed by atoms with E-state index in [1.165, 1.54) is 0 Å². The number of carbonyl (C=O) groups is 1. The number of imidazole rings is 1. The predicted molar refractivity (Wildman–Crippen MR) is 81.7 cm³/mol. The van der Waals surface area contributed by atoms with Crippen LogP contribution in [0, 0.1) is 0 Å². The van der Waals surface area contributed by atoms with Crippen molar-refractivity contribution < 1.29 is 4.79 Å². The van der Waals surface area contributed by atoms with E-state index in [4.69, 9.17) is 0 Å². The van der Waals surface area contributed by atoms with Gasteiger partial charge >= 0.3 is 0 Å². The first-order valence-electron chi connectivity index (χ1n) is 6.85. The molecule has 0 aliphatic carbocycles. The molecular weight excluding hydrogens is 272 g/mol. The van der Waals surface area contributed by atoms with Gasteiger partial charge in [0.15, 0.2) is 0 Å². The quantitative estimate of drug-likeness (QED) is 0.725. The van der Waals surface area contributed by atoms with Crippen LogP contribution in [0.1, 0.15) is 12.2 Å². The van der Waals surface area contributed by atoms with Crippen LogP contribution in [0.2, 0.25) is 0 Å². The number of fused-ring (bicyclic) bond motifs is 1. The number of nitrogens with one attached hydrogen (secondary N) is 3. The first-order valence-corrected chi connectivity index (χ1v) is 8.01. The van der Waals surface area contributed by atoms with Gasteiger partial charge in [-0.3, -0.25) is 10.1 Å². The van der Waals surface area contributed by atoms with Crippen LogP contribution in [0.3, 0.4) is 0 Å². The van der Waals surface area contributed by atoms with Gasteiger partial charge < -0.3 is 10.3 Å².